The fourth-order valence-electron chi connectivity index (χ4n) is 2.79. The first-order valence-electron chi connectivity index (χ1n) is 8.78. The number of urea groups is 1. The topological polar surface area (TPSA) is 67.8 Å². The molecule has 0 spiro atoms. The van der Waals surface area contributed by atoms with Gasteiger partial charge in [0.25, 0.3) is 0 Å². The molecule has 0 aromatic heterocycles. The Morgan fingerprint density at radius 2 is 1.71 bits per heavy atom. The Morgan fingerprint density at radius 1 is 1.12 bits per heavy atom. The normalized spacial score (nSPS) is 17.5. The van der Waals surface area contributed by atoms with E-state index in [1.807, 2.05) is 0 Å². The molecule has 1 atom stereocenters. The van der Waals surface area contributed by atoms with Crippen LogP contribution >= 0.6 is 0 Å². The summed E-state index contributed by atoms with van der Waals surface area (Å²) < 4.78 is 0. The second kappa shape index (κ2) is 9.61. The Kier molecular flexibility index (Phi) is 7.49. The van der Waals surface area contributed by atoms with Gasteiger partial charge in [0.15, 0.2) is 0 Å². The van der Waals surface area contributed by atoms with Crippen LogP contribution in [-0.4, -0.2) is 66.3 Å². The lowest BCUT2D eigenvalue weighted by atomic mass is 10.1. The summed E-state index contributed by atoms with van der Waals surface area (Å²) in [6, 6.07) is 7.91. The summed E-state index contributed by atoms with van der Waals surface area (Å²) in [6.07, 6.45) is 0. The first-order valence-corrected chi connectivity index (χ1v) is 8.78. The standard InChI is InChI=1S/C18H30N4O2/c1-3-21-8-10-22(11-9-21)13-17-6-4-16(5-7-17)12-19-18(24)20-15(2)14-23/h4-7,15,23H,3,8-14H2,1-2H3,(H2,19,20,24). The Balaban J connectivity index is 1.74. The molecule has 134 valence electrons. The number of rotatable bonds is 7. The molecule has 1 heterocycles. The van der Waals surface area contributed by atoms with Gasteiger partial charge in [-0.05, 0) is 24.6 Å². The minimum atomic E-state index is -0.255. The number of hydrogen-bond acceptors (Lipinski definition) is 4. The van der Waals surface area contributed by atoms with E-state index in [9.17, 15) is 4.79 Å². The summed E-state index contributed by atoms with van der Waals surface area (Å²) in [6.45, 7) is 11.1. The molecule has 1 aliphatic heterocycles. The van der Waals surface area contributed by atoms with Crippen LogP contribution < -0.4 is 10.6 Å². The molecule has 6 nitrogen and oxygen atoms in total. The Bertz CT molecular complexity index is 498. The van der Waals surface area contributed by atoms with Gasteiger partial charge in [-0.2, -0.15) is 0 Å². The number of amides is 2. The monoisotopic (exact) mass is 334 g/mol. The summed E-state index contributed by atoms with van der Waals surface area (Å²) in [4.78, 5) is 16.6. The van der Waals surface area contributed by atoms with Crippen molar-refractivity contribution in [1.29, 1.82) is 0 Å². The molecule has 1 aliphatic rings. The predicted molar refractivity (Wildman–Crippen MR) is 95.8 cm³/mol. The molecular weight excluding hydrogens is 304 g/mol. The van der Waals surface area contributed by atoms with Gasteiger partial charge >= 0.3 is 6.03 Å². The van der Waals surface area contributed by atoms with E-state index in [2.05, 4.69) is 51.6 Å². The van der Waals surface area contributed by atoms with Crippen molar-refractivity contribution in [2.75, 3.05) is 39.3 Å². The number of nitrogens with one attached hydrogen (secondary N) is 2. The van der Waals surface area contributed by atoms with Crippen LogP contribution in [0.25, 0.3) is 0 Å². The molecule has 1 aromatic carbocycles. The summed E-state index contributed by atoms with van der Waals surface area (Å²) in [5.74, 6) is 0. The van der Waals surface area contributed by atoms with Gasteiger partial charge < -0.3 is 20.6 Å². The quantitative estimate of drug-likeness (QED) is 0.696. The van der Waals surface area contributed by atoms with Crippen molar-refractivity contribution in [3.63, 3.8) is 0 Å². The molecule has 2 rings (SSSR count). The Hall–Kier alpha value is -1.63. The van der Waals surface area contributed by atoms with Gasteiger partial charge in [0.1, 0.15) is 0 Å². The molecule has 0 saturated carbocycles. The fraction of sp³-hybridized carbons (Fsp3) is 0.611. The second-order valence-corrected chi connectivity index (χ2v) is 6.44. The van der Waals surface area contributed by atoms with Gasteiger partial charge in [-0.15, -0.1) is 0 Å². The average molecular weight is 334 g/mol. The maximum atomic E-state index is 11.6. The number of likely N-dealkylation sites (N-methyl/N-ethyl adjacent to an activating group) is 1. The van der Waals surface area contributed by atoms with E-state index in [0.717, 1.165) is 44.8 Å². The fourth-order valence-corrected chi connectivity index (χ4v) is 2.79. The van der Waals surface area contributed by atoms with Gasteiger partial charge in [-0.25, -0.2) is 4.79 Å². The lowest BCUT2D eigenvalue weighted by Crippen LogP contribution is -2.45. The van der Waals surface area contributed by atoms with Gasteiger partial charge in [-0.1, -0.05) is 31.2 Å². The highest BCUT2D eigenvalue weighted by Crippen LogP contribution is 2.10. The van der Waals surface area contributed by atoms with Gasteiger partial charge in [0, 0.05) is 39.3 Å². The van der Waals surface area contributed by atoms with Crippen molar-refractivity contribution in [3.05, 3.63) is 35.4 Å². The van der Waals surface area contributed by atoms with Crippen LogP contribution in [0.15, 0.2) is 24.3 Å². The van der Waals surface area contributed by atoms with Crippen molar-refractivity contribution in [3.8, 4) is 0 Å². The van der Waals surface area contributed by atoms with Crippen LogP contribution in [-0.2, 0) is 13.1 Å². The van der Waals surface area contributed by atoms with Crippen molar-refractivity contribution in [2.45, 2.75) is 33.0 Å². The van der Waals surface area contributed by atoms with E-state index in [4.69, 9.17) is 5.11 Å². The molecule has 0 radical (unpaired) electrons. The molecule has 6 heteroatoms. The number of carbonyl (C=O) groups is 1. The van der Waals surface area contributed by atoms with Crippen molar-refractivity contribution in [2.24, 2.45) is 0 Å². The first-order chi connectivity index (χ1) is 11.6. The number of aliphatic hydroxyl groups excluding tert-OH is 1. The second-order valence-electron chi connectivity index (χ2n) is 6.44. The van der Waals surface area contributed by atoms with Crippen molar-refractivity contribution >= 4 is 6.03 Å². The predicted octanol–water partition coefficient (Wildman–Crippen LogP) is 1.00. The maximum Gasteiger partial charge on any atom is 0.315 e. The van der Waals surface area contributed by atoms with Crippen LogP contribution in [0.5, 0.6) is 0 Å². The minimum absolute atomic E-state index is 0.0609. The maximum absolute atomic E-state index is 11.6. The third-order valence-corrected chi connectivity index (χ3v) is 4.45. The number of piperazine rings is 1. The summed E-state index contributed by atoms with van der Waals surface area (Å²) in [5.41, 5.74) is 2.38. The van der Waals surface area contributed by atoms with E-state index in [-0.39, 0.29) is 18.7 Å². The molecule has 1 saturated heterocycles. The van der Waals surface area contributed by atoms with E-state index < -0.39 is 0 Å². The van der Waals surface area contributed by atoms with Crippen molar-refractivity contribution in [1.82, 2.24) is 20.4 Å². The third kappa shape index (κ3) is 6.11. The molecule has 1 unspecified atom stereocenters. The molecule has 0 bridgehead atoms. The highest BCUT2D eigenvalue weighted by molar-refractivity contribution is 5.74. The van der Waals surface area contributed by atoms with E-state index >= 15 is 0 Å². The summed E-state index contributed by atoms with van der Waals surface area (Å²) in [5, 5.41) is 14.4. The van der Waals surface area contributed by atoms with Gasteiger partial charge in [0.05, 0.1) is 12.6 Å². The highest BCUT2D eigenvalue weighted by atomic mass is 16.3. The van der Waals surface area contributed by atoms with Gasteiger partial charge in [-0.3, -0.25) is 4.90 Å². The number of aliphatic hydroxyl groups is 1. The smallest absolute Gasteiger partial charge is 0.315 e. The van der Waals surface area contributed by atoms with Crippen LogP contribution in [0.3, 0.4) is 0 Å². The Morgan fingerprint density at radius 3 is 2.29 bits per heavy atom. The van der Waals surface area contributed by atoms with Crippen LogP contribution in [0.4, 0.5) is 4.79 Å². The summed E-state index contributed by atoms with van der Waals surface area (Å²) >= 11 is 0. The SMILES string of the molecule is CCN1CCN(Cc2ccc(CNC(=O)NC(C)CO)cc2)CC1. The molecule has 1 aromatic rings. The average Bonchev–Trinajstić information content (AvgIpc) is 2.61. The number of hydrogen-bond donors (Lipinski definition) is 3. The molecule has 2 amide bonds. The number of benzene rings is 1. The molecule has 0 aliphatic carbocycles. The molecule has 1 fully saturated rings. The lowest BCUT2D eigenvalue weighted by molar-refractivity contribution is 0.132. The van der Waals surface area contributed by atoms with Gasteiger partial charge in [0.2, 0.25) is 0 Å². The third-order valence-electron chi connectivity index (χ3n) is 4.45. The molecular formula is C18H30N4O2. The highest BCUT2D eigenvalue weighted by Gasteiger charge is 2.15. The van der Waals surface area contributed by atoms with E-state index in [1.165, 1.54) is 5.56 Å². The minimum Gasteiger partial charge on any atom is -0.394 e. The van der Waals surface area contributed by atoms with Crippen LogP contribution in [0.2, 0.25) is 0 Å². The van der Waals surface area contributed by atoms with Crippen LogP contribution in [0.1, 0.15) is 25.0 Å². The zero-order chi connectivity index (χ0) is 17.4. The Labute approximate surface area is 144 Å². The van der Waals surface area contributed by atoms with E-state index in [1.54, 1.807) is 6.92 Å². The molecule has 24 heavy (non-hydrogen) atoms. The summed E-state index contributed by atoms with van der Waals surface area (Å²) in [7, 11) is 0. The van der Waals surface area contributed by atoms with E-state index in [0.29, 0.717) is 6.54 Å². The van der Waals surface area contributed by atoms with Crippen molar-refractivity contribution < 1.29 is 9.90 Å². The first kappa shape index (κ1) is 18.7. The lowest BCUT2D eigenvalue weighted by Gasteiger charge is -2.34. The number of nitrogens with zero attached hydrogens (tertiary/aromatic N) is 2. The molecule has 3 N–H and O–H groups in total. The number of carbonyl (C=O) groups excluding carboxylic acids is 1. The zero-order valence-corrected chi connectivity index (χ0v) is 14.8. The largest absolute Gasteiger partial charge is 0.394 e. The van der Waals surface area contributed by atoms with Crippen LogP contribution in [0, 0.1) is 0 Å². The zero-order valence-electron chi connectivity index (χ0n) is 14.8.